The van der Waals surface area contributed by atoms with Crippen molar-refractivity contribution in [3.05, 3.63) is 35.0 Å². The largest absolute Gasteiger partial charge is 0.496 e. The fourth-order valence-corrected chi connectivity index (χ4v) is 1.94. The van der Waals surface area contributed by atoms with Crippen LogP contribution < -0.4 is 4.74 Å². The van der Waals surface area contributed by atoms with Gasteiger partial charge in [-0.2, -0.15) is 12.6 Å². The van der Waals surface area contributed by atoms with Gasteiger partial charge in [-0.25, -0.2) is 0 Å². The van der Waals surface area contributed by atoms with Gasteiger partial charge in [-0.05, 0) is 37.1 Å². The molecule has 4 heteroatoms. The maximum Gasteiger partial charge on any atom is 0.167 e. The molecule has 0 fully saturated rings. The van der Waals surface area contributed by atoms with Crippen molar-refractivity contribution in [1.82, 2.24) is 5.16 Å². The van der Waals surface area contributed by atoms with Crippen LogP contribution in [0, 0.1) is 13.8 Å². The van der Waals surface area contributed by atoms with Crippen LogP contribution in [0.15, 0.2) is 22.7 Å². The third-order valence-electron chi connectivity index (χ3n) is 2.73. The number of benzene rings is 1. The minimum Gasteiger partial charge on any atom is -0.496 e. The fourth-order valence-electron chi connectivity index (χ4n) is 1.79. The number of hydrogen-bond donors (Lipinski definition) is 1. The number of ether oxygens (including phenoxy) is 1. The molecule has 0 amide bonds. The van der Waals surface area contributed by atoms with Crippen LogP contribution >= 0.6 is 12.6 Å². The topological polar surface area (TPSA) is 35.3 Å². The molecule has 0 aliphatic rings. The van der Waals surface area contributed by atoms with E-state index >= 15 is 0 Å². The van der Waals surface area contributed by atoms with E-state index in [1.807, 2.05) is 26.0 Å². The highest BCUT2D eigenvalue weighted by molar-refractivity contribution is 7.79. The summed E-state index contributed by atoms with van der Waals surface area (Å²) < 4.78 is 10.6. The average Bonchev–Trinajstić information content (AvgIpc) is 2.80. The second-order valence-corrected chi connectivity index (χ2v) is 4.29. The molecule has 0 radical (unpaired) electrons. The van der Waals surface area contributed by atoms with E-state index in [9.17, 15) is 0 Å². The Morgan fingerprint density at radius 3 is 2.59 bits per heavy atom. The highest BCUT2D eigenvalue weighted by atomic mass is 32.1. The van der Waals surface area contributed by atoms with Crippen molar-refractivity contribution < 1.29 is 9.26 Å². The SMILES string of the molecule is COc1cc(C)c(-c2cc(CS)no2)cc1C. The van der Waals surface area contributed by atoms with Crippen LogP contribution in [0.4, 0.5) is 0 Å². The number of thiol groups is 1. The van der Waals surface area contributed by atoms with Gasteiger partial charge in [0.2, 0.25) is 0 Å². The summed E-state index contributed by atoms with van der Waals surface area (Å²) in [6, 6.07) is 5.98. The second kappa shape index (κ2) is 4.84. The van der Waals surface area contributed by atoms with Crippen molar-refractivity contribution in [2.45, 2.75) is 19.6 Å². The van der Waals surface area contributed by atoms with Crippen LogP contribution in [-0.2, 0) is 5.75 Å². The highest BCUT2D eigenvalue weighted by Crippen LogP contribution is 2.30. The van der Waals surface area contributed by atoms with Gasteiger partial charge in [0.15, 0.2) is 5.76 Å². The van der Waals surface area contributed by atoms with Gasteiger partial charge >= 0.3 is 0 Å². The molecule has 0 spiro atoms. The first kappa shape index (κ1) is 12.0. The Hall–Kier alpha value is -1.42. The zero-order valence-corrected chi connectivity index (χ0v) is 11.0. The normalized spacial score (nSPS) is 10.6. The quantitative estimate of drug-likeness (QED) is 0.847. The predicted molar refractivity (Wildman–Crippen MR) is 70.7 cm³/mol. The number of hydrogen-bond acceptors (Lipinski definition) is 4. The van der Waals surface area contributed by atoms with E-state index in [2.05, 4.69) is 23.9 Å². The predicted octanol–water partition coefficient (Wildman–Crippen LogP) is 3.40. The van der Waals surface area contributed by atoms with Gasteiger partial charge in [0.25, 0.3) is 0 Å². The maximum absolute atomic E-state index is 5.31. The fraction of sp³-hybridized carbons (Fsp3) is 0.308. The Kier molecular flexibility index (Phi) is 3.43. The number of methoxy groups -OCH3 is 1. The third kappa shape index (κ3) is 2.31. The highest BCUT2D eigenvalue weighted by Gasteiger charge is 2.11. The summed E-state index contributed by atoms with van der Waals surface area (Å²) in [5, 5.41) is 3.94. The van der Waals surface area contributed by atoms with Gasteiger partial charge in [0, 0.05) is 17.4 Å². The number of rotatable bonds is 3. The Balaban J connectivity index is 2.48. The van der Waals surface area contributed by atoms with Crippen LogP contribution in [0.2, 0.25) is 0 Å². The van der Waals surface area contributed by atoms with Crippen LogP contribution in [0.3, 0.4) is 0 Å². The van der Waals surface area contributed by atoms with Crippen molar-refractivity contribution in [3.8, 4) is 17.1 Å². The van der Waals surface area contributed by atoms with Crippen molar-refractivity contribution in [2.24, 2.45) is 0 Å². The summed E-state index contributed by atoms with van der Waals surface area (Å²) in [5.41, 5.74) is 4.08. The molecule has 90 valence electrons. The third-order valence-corrected chi connectivity index (χ3v) is 3.05. The number of aryl methyl sites for hydroxylation is 2. The minimum atomic E-state index is 0.581. The zero-order chi connectivity index (χ0) is 12.4. The lowest BCUT2D eigenvalue weighted by Crippen LogP contribution is -1.90. The summed E-state index contributed by atoms with van der Waals surface area (Å²) in [6.45, 7) is 4.04. The molecule has 0 saturated heterocycles. The molecule has 0 unspecified atom stereocenters. The molecule has 0 atom stereocenters. The summed E-state index contributed by atoms with van der Waals surface area (Å²) in [5.74, 6) is 2.25. The standard InChI is InChI=1S/C13H15NO2S/c1-8-5-12(15-3)9(2)4-11(8)13-6-10(7-17)14-16-13/h4-6,17H,7H2,1-3H3. The Bertz CT molecular complexity index is 534. The lowest BCUT2D eigenvalue weighted by Gasteiger charge is -2.08. The molecule has 0 aliphatic carbocycles. The van der Waals surface area contributed by atoms with Gasteiger partial charge in [0.1, 0.15) is 5.75 Å². The summed E-state index contributed by atoms with van der Waals surface area (Å²) >= 11 is 4.17. The molecule has 0 bridgehead atoms. The summed E-state index contributed by atoms with van der Waals surface area (Å²) in [4.78, 5) is 0. The van der Waals surface area contributed by atoms with Crippen LogP contribution in [0.1, 0.15) is 16.8 Å². The molecule has 0 aliphatic heterocycles. The minimum absolute atomic E-state index is 0.581. The van der Waals surface area contributed by atoms with Crippen molar-refractivity contribution in [3.63, 3.8) is 0 Å². The van der Waals surface area contributed by atoms with Gasteiger partial charge in [-0.3, -0.25) is 0 Å². The molecule has 2 rings (SSSR count). The molecule has 17 heavy (non-hydrogen) atoms. The van der Waals surface area contributed by atoms with Gasteiger partial charge < -0.3 is 9.26 Å². The van der Waals surface area contributed by atoms with E-state index in [0.29, 0.717) is 5.75 Å². The van der Waals surface area contributed by atoms with E-state index in [0.717, 1.165) is 33.9 Å². The van der Waals surface area contributed by atoms with E-state index in [1.54, 1.807) is 7.11 Å². The maximum atomic E-state index is 5.31. The van der Waals surface area contributed by atoms with Gasteiger partial charge in [-0.1, -0.05) is 5.16 Å². The summed E-state index contributed by atoms with van der Waals surface area (Å²) in [6.07, 6.45) is 0. The second-order valence-electron chi connectivity index (χ2n) is 3.98. The molecule has 2 aromatic rings. The van der Waals surface area contributed by atoms with Crippen molar-refractivity contribution in [1.29, 1.82) is 0 Å². The Morgan fingerprint density at radius 2 is 2.00 bits per heavy atom. The number of aromatic nitrogens is 1. The van der Waals surface area contributed by atoms with Crippen LogP contribution in [0.5, 0.6) is 5.75 Å². The molecule has 3 nitrogen and oxygen atoms in total. The summed E-state index contributed by atoms with van der Waals surface area (Å²) in [7, 11) is 1.68. The van der Waals surface area contributed by atoms with Gasteiger partial charge in [-0.15, -0.1) is 0 Å². The lowest BCUT2D eigenvalue weighted by molar-refractivity contribution is 0.410. The van der Waals surface area contributed by atoms with Crippen molar-refractivity contribution >= 4 is 12.6 Å². The molecular weight excluding hydrogens is 234 g/mol. The first-order chi connectivity index (χ1) is 8.15. The van der Waals surface area contributed by atoms with Gasteiger partial charge in [0.05, 0.1) is 12.8 Å². The van der Waals surface area contributed by atoms with E-state index in [1.165, 1.54) is 0 Å². The first-order valence-electron chi connectivity index (χ1n) is 5.37. The Morgan fingerprint density at radius 1 is 1.24 bits per heavy atom. The molecule has 1 aromatic carbocycles. The van der Waals surface area contributed by atoms with E-state index in [-0.39, 0.29) is 0 Å². The van der Waals surface area contributed by atoms with Crippen molar-refractivity contribution in [2.75, 3.05) is 7.11 Å². The Labute approximate surface area is 106 Å². The molecule has 0 N–H and O–H groups in total. The van der Waals surface area contributed by atoms with E-state index < -0.39 is 0 Å². The molecule has 0 saturated carbocycles. The smallest absolute Gasteiger partial charge is 0.167 e. The average molecular weight is 249 g/mol. The van der Waals surface area contributed by atoms with Crippen LogP contribution in [0.25, 0.3) is 11.3 Å². The lowest BCUT2D eigenvalue weighted by atomic mass is 10.0. The zero-order valence-electron chi connectivity index (χ0n) is 10.2. The molecule has 1 heterocycles. The molecule has 1 aromatic heterocycles. The monoisotopic (exact) mass is 249 g/mol. The first-order valence-corrected chi connectivity index (χ1v) is 6.01. The van der Waals surface area contributed by atoms with Crippen LogP contribution in [-0.4, -0.2) is 12.3 Å². The number of nitrogens with zero attached hydrogens (tertiary/aromatic N) is 1. The molecular formula is C13H15NO2S. The van der Waals surface area contributed by atoms with E-state index in [4.69, 9.17) is 9.26 Å².